The highest BCUT2D eigenvalue weighted by atomic mass is 32.2. The number of thioether (sulfide) groups is 1. The zero-order valence-electron chi connectivity index (χ0n) is 17.0. The van der Waals surface area contributed by atoms with Gasteiger partial charge < -0.3 is 5.32 Å². The van der Waals surface area contributed by atoms with Crippen molar-refractivity contribution in [3.63, 3.8) is 0 Å². The first-order valence-corrected chi connectivity index (χ1v) is 10.8. The lowest BCUT2D eigenvalue weighted by atomic mass is 9.95. The molecule has 1 aliphatic rings. The van der Waals surface area contributed by atoms with E-state index in [0.717, 1.165) is 29.8 Å². The molecule has 4 nitrogen and oxygen atoms in total. The number of aryl methyl sites for hydroxylation is 1. The molecule has 0 unspecified atom stereocenters. The summed E-state index contributed by atoms with van der Waals surface area (Å²) < 4.78 is 0. The maximum atomic E-state index is 12.7. The molecule has 28 heavy (non-hydrogen) atoms. The van der Waals surface area contributed by atoms with Crippen molar-refractivity contribution in [2.45, 2.75) is 45.9 Å². The summed E-state index contributed by atoms with van der Waals surface area (Å²) in [7, 11) is 0. The van der Waals surface area contributed by atoms with Gasteiger partial charge in [-0.3, -0.25) is 14.5 Å². The molecule has 0 radical (unpaired) electrons. The van der Waals surface area contributed by atoms with Gasteiger partial charge in [0, 0.05) is 16.8 Å². The molecule has 1 aliphatic heterocycles. The number of para-hydroxylation sites is 1. The third-order valence-corrected chi connectivity index (χ3v) is 5.96. The first kappa shape index (κ1) is 20.5. The maximum Gasteiger partial charge on any atom is 0.238 e. The molecule has 1 N–H and O–H groups in total. The summed E-state index contributed by atoms with van der Waals surface area (Å²) in [6.45, 7) is 7.83. The SMILES string of the molecule is CCCc1ccccc1N1C(=O)CS[C@@H]1c1cccc(NC(=O)C(C)(C)C)c1. The molecule has 0 saturated carbocycles. The van der Waals surface area contributed by atoms with Crippen LogP contribution in [-0.4, -0.2) is 17.6 Å². The molecule has 2 amide bonds. The summed E-state index contributed by atoms with van der Waals surface area (Å²) in [6, 6.07) is 16.0. The molecule has 0 aliphatic carbocycles. The normalized spacial score (nSPS) is 17.1. The molecule has 5 heteroatoms. The van der Waals surface area contributed by atoms with E-state index in [1.807, 2.05) is 68.1 Å². The number of anilines is 2. The van der Waals surface area contributed by atoms with Crippen LogP contribution in [0.4, 0.5) is 11.4 Å². The topological polar surface area (TPSA) is 49.4 Å². The van der Waals surface area contributed by atoms with Crippen LogP contribution in [0.1, 0.15) is 50.6 Å². The standard InChI is InChI=1S/C23H28N2O2S/c1-5-9-16-10-6-7-13-19(16)25-20(26)15-28-21(25)17-11-8-12-18(14-17)24-22(27)23(2,3)4/h6-8,10-14,21H,5,9,15H2,1-4H3,(H,24,27)/t21-/m1/s1. The van der Waals surface area contributed by atoms with E-state index < -0.39 is 5.41 Å². The molecule has 0 spiro atoms. The number of hydrogen-bond acceptors (Lipinski definition) is 3. The average molecular weight is 397 g/mol. The number of amides is 2. The van der Waals surface area contributed by atoms with Gasteiger partial charge in [-0.15, -0.1) is 11.8 Å². The largest absolute Gasteiger partial charge is 0.326 e. The Hall–Kier alpha value is -2.27. The minimum Gasteiger partial charge on any atom is -0.326 e. The van der Waals surface area contributed by atoms with Crippen LogP contribution in [0, 0.1) is 5.41 Å². The van der Waals surface area contributed by atoms with Gasteiger partial charge >= 0.3 is 0 Å². The second-order valence-corrected chi connectivity index (χ2v) is 9.20. The van der Waals surface area contributed by atoms with Gasteiger partial charge in [0.1, 0.15) is 5.37 Å². The lowest BCUT2D eigenvalue weighted by molar-refractivity contribution is -0.123. The van der Waals surface area contributed by atoms with E-state index in [2.05, 4.69) is 18.3 Å². The van der Waals surface area contributed by atoms with Crippen molar-refractivity contribution in [3.8, 4) is 0 Å². The number of carbonyl (C=O) groups is 2. The van der Waals surface area contributed by atoms with E-state index in [0.29, 0.717) is 5.75 Å². The van der Waals surface area contributed by atoms with Crippen molar-refractivity contribution in [3.05, 3.63) is 59.7 Å². The lowest BCUT2D eigenvalue weighted by Crippen LogP contribution is -2.29. The molecule has 1 saturated heterocycles. The van der Waals surface area contributed by atoms with Crippen LogP contribution >= 0.6 is 11.8 Å². The first-order chi connectivity index (χ1) is 13.3. The Morgan fingerprint density at radius 3 is 2.64 bits per heavy atom. The predicted octanol–water partition coefficient (Wildman–Crippen LogP) is 5.40. The van der Waals surface area contributed by atoms with Gasteiger partial charge in [-0.2, -0.15) is 0 Å². The summed E-state index contributed by atoms with van der Waals surface area (Å²) in [5.41, 5.74) is 3.52. The molecule has 3 rings (SSSR count). The number of nitrogens with one attached hydrogen (secondary N) is 1. The van der Waals surface area contributed by atoms with E-state index >= 15 is 0 Å². The van der Waals surface area contributed by atoms with Gasteiger partial charge in [0.25, 0.3) is 0 Å². The molecule has 2 aromatic carbocycles. The maximum absolute atomic E-state index is 12.7. The molecular formula is C23H28N2O2S. The Morgan fingerprint density at radius 2 is 1.93 bits per heavy atom. The molecule has 1 heterocycles. The zero-order chi connectivity index (χ0) is 20.3. The van der Waals surface area contributed by atoms with E-state index in [1.54, 1.807) is 11.8 Å². The van der Waals surface area contributed by atoms with E-state index in [4.69, 9.17) is 0 Å². The summed E-state index contributed by atoms with van der Waals surface area (Å²) in [4.78, 5) is 27.0. The Kier molecular flexibility index (Phi) is 6.14. The van der Waals surface area contributed by atoms with Crippen molar-refractivity contribution in [2.24, 2.45) is 5.41 Å². The van der Waals surface area contributed by atoms with Gasteiger partial charge in [-0.25, -0.2) is 0 Å². The summed E-state index contributed by atoms with van der Waals surface area (Å²) >= 11 is 1.63. The average Bonchev–Trinajstić information content (AvgIpc) is 3.03. The van der Waals surface area contributed by atoms with Gasteiger partial charge in [-0.05, 0) is 35.7 Å². The fourth-order valence-corrected chi connectivity index (χ4v) is 4.41. The fraction of sp³-hybridized carbons (Fsp3) is 0.391. The second kappa shape index (κ2) is 8.39. The smallest absolute Gasteiger partial charge is 0.238 e. The molecule has 0 bridgehead atoms. The third-order valence-electron chi connectivity index (χ3n) is 4.75. The highest BCUT2D eigenvalue weighted by molar-refractivity contribution is 8.00. The fourth-order valence-electron chi connectivity index (χ4n) is 3.25. The highest BCUT2D eigenvalue weighted by Gasteiger charge is 2.35. The van der Waals surface area contributed by atoms with Crippen molar-refractivity contribution in [1.82, 2.24) is 0 Å². The van der Waals surface area contributed by atoms with Crippen molar-refractivity contribution < 1.29 is 9.59 Å². The zero-order valence-corrected chi connectivity index (χ0v) is 17.8. The molecule has 1 atom stereocenters. The number of carbonyl (C=O) groups excluding carboxylic acids is 2. The number of benzene rings is 2. The monoisotopic (exact) mass is 396 g/mol. The Bertz CT molecular complexity index is 873. The van der Waals surface area contributed by atoms with Crippen molar-refractivity contribution in [2.75, 3.05) is 16.0 Å². The van der Waals surface area contributed by atoms with Gasteiger partial charge in [0.2, 0.25) is 11.8 Å². The quantitative estimate of drug-likeness (QED) is 0.736. The van der Waals surface area contributed by atoms with Crippen LogP contribution in [0.2, 0.25) is 0 Å². The molecular weight excluding hydrogens is 368 g/mol. The second-order valence-electron chi connectivity index (χ2n) is 8.14. The lowest BCUT2D eigenvalue weighted by Gasteiger charge is -2.27. The molecule has 0 aromatic heterocycles. The molecule has 2 aromatic rings. The van der Waals surface area contributed by atoms with Crippen molar-refractivity contribution in [1.29, 1.82) is 0 Å². The Balaban J connectivity index is 1.92. The first-order valence-electron chi connectivity index (χ1n) is 9.74. The number of hydrogen-bond donors (Lipinski definition) is 1. The van der Waals surface area contributed by atoms with Crippen LogP contribution in [0.25, 0.3) is 0 Å². The van der Waals surface area contributed by atoms with Gasteiger partial charge in [0.15, 0.2) is 0 Å². The van der Waals surface area contributed by atoms with E-state index in [9.17, 15) is 9.59 Å². The van der Waals surface area contributed by atoms with Crippen LogP contribution in [0.3, 0.4) is 0 Å². The minimum absolute atomic E-state index is 0.0232. The van der Waals surface area contributed by atoms with E-state index in [1.165, 1.54) is 5.56 Å². The Morgan fingerprint density at radius 1 is 1.18 bits per heavy atom. The summed E-state index contributed by atoms with van der Waals surface area (Å²) in [6.07, 6.45) is 1.98. The van der Waals surface area contributed by atoms with Crippen LogP contribution in [-0.2, 0) is 16.0 Å². The molecule has 148 valence electrons. The third kappa shape index (κ3) is 4.41. The minimum atomic E-state index is -0.459. The predicted molar refractivity (Wildman–Crippen MR) is 118 cm³/mol. The van der Waals surface area contributed by atoms with Crippen LogP contribution in [0.15, 0.2) is 48.5 Å². The summed E-state index contributed by atoms with van der Waals surface area (Å²) in [5, 5.41) is 2.91. The molecule has 1 fully saturated rings. The van der Waals surface area contributed by atoms with Crippen LogP contribution in [0.5, 0.6) is 0 Å². The number of rotatable bonds is 5. The van der Waals surface area contributed by atoms with Crippen molar-refractivity contribution >= 4 is 35.0 Å². The van der Waals surface area contributed by atoms with E-state index in [-0.39, 0.29) is 17.2 Å². The Labute approximate surface area is 171 Å². The van der Waals surface area contributed by atoms with Gasteiger partial charge in [0.05, 0.1) is 5.75 Å². The van der Waals surface area contributed by atoms with Crippen LogP contribution < -0.4 is 10.2 Å². The summed E-state index contributed by atoms with van der Waals surface area (Å²) in [5.74, 6) is 0.566. The highest BCUT2D eigenvalue weighted by Crippen LogP contribution is 2.43. The van der Waals surface area contributed by atoms with Gasteiger partial charge in [-0.1, -0.05) is 64.4 Å². The number of nitrogens with zero attached hydrogens (tertiary/aromatic N) is 1.